The topological polar surface area (TPSA) is 140 Å². The van der Waals surface area contributed by atoms with Crippen molar-refractivity contribution in [3.05, 3.63) is 101 Å². The number of aliphatic hydroxyl groups excluding tert-OH is 2. The number of carbonyl (C=O) groups is 1. The smallest absolute Gasteiger partial charge is 0.240 e. The second kappa shape index (κ2) is 11.0. The number of sulfonamides is 1. The number of hydrogen-bond donors (Lipinski definition) is 4. The van der Waals surface area contributed by atoms with Crippen LogP contribution in [0.2, 0.25) is 0 Å². The number of aliphatic hydroxyl groups is 2. The molecule has 4 rings (SSSR count). The molecule has 1 amide bonds. The number of nitriles is 1. The first-order valence-electron chi connectivity index (χ1n) is 11.6. The molecule has 9 heteroatoms. The molecule has 0 saturated heterocycles. The van der Waals surface area contributed by atoms with E-state index in [0.717, 1.165) is 11.1 Å². The minimum atomic E-state index is -3.91. The normalized spacial score (nSPS) is 18.6. The Kier molecular flexibility index (Phi) is 7.82. The van der Waals surface area contributed by atoms with Crippen molar-refractivity contribution in [3.63, 3.8) is 0 Å². The van der Waals surface area contributed by atoms with Crippen molar-refractivity contribution in [2.45, 2.75) is 41.9 Å². The van der Waals surface area contributed by atoms with E-state index in [1.54, 1.807) is 24.3 Å². The van der Waals surface area contributed by atoms with Crippen LogP contribution in [0.5, 0.6) is 0 Å². The number of rotatable bonds is 9. The van der Waals surface area contributed by atoms with E-state index in [1.165, 1.54) is 24.3 Å². The van der Waals surface area contributed by atoms with Crippen molar-refractivity contribution >= 4 is 15.9 Å². The monoisotopic (exact) mass is 505 g/mol. The summed E-state index contributed by atoms with van der Waals surface area (Å²) in [6, 6.07) is 23.3. The maximum Gasteiger partial charge on any atom is 0.240 e. The van der Waals surface area contributed by atoms with Gasteiger partial charge in [0.05, 0.1) is 40.7 Å². The molecular formula is C27H27N3O5S. The third kappa shape index (κ3) is 5.80. The lowest BCUT2D eigenvalue weighted by molar-refractivity contribution is -0.124. The summed E-state index contributed by atoms with van der Waals surface area (Å²) in [5, 5.41) is 33.1. The van der Waals surface area contributed by atoms with Crippen LogP contribution < -0.4 is 10.0 Å². The number of hydrogen-bond acceptors (Lipinski definition) is 6. The van der Waals surface area contributed by atoms with E-state index >= 15 is 0 Å². The van der Waals surface area contributed by atoms with Gasteiger partial charge in [-0.05, 0) is 47.4 Å². The number of carbonyl (C=O) groups excluding carboxylic acids is 1. The van der Waals surface area contributed by atoms with Gasteiger partial charge in [-0.25, -0.2) is 13.1 Å². The molecule has 1 aliphatic carbocycles. The van der Waals surface area contributed by atoms with E-state index in [2.05, 4.69) is 10.0 Å². The molecule has 1 aliphatic rings. The van der Waals surface area contributed by atoms with E-state index in [0.29, 0.717) is 17.5 Å². The van der Waals surface area contributed by atoms with Gasteiger partial charge in [0.2, 0.25) is 15.9 Å². The highest BCUT2D eigenvalue weighted by Gasteiger charge is 2.34. The van der Waals surface area contributed by atoms with Gasteiger partial charge in [-0.1, -0.05) is 54.6 Å². The third-order valence-electron chi connectivity index (χ3n) is 6.33. The summed E-state index contributed by atoms with van der Waals surface area (Å²) >= 11 is 0. The van der Waals surface area contributed by atoms with Gasteiger partial charge in [0.15, 0.2) is 0 Å². The molecule has 186 valence electrons. The van der Waals surface area contributed by atoms with E-state index in [4.69, 9.17) is 5.26 Å². The second-order valence-electron chi connectivity index (χ2n) is 8.80. The lowest BCUT2D eigenvalue weighted by Gasteiger charge is -2.24. The molecule has 36 heavy (non-hydrogen) atoms. The molecule has 0 unspecified atom stereocenters. The van der Waals surface area contributed by atoms with Gasteiger partial charge < -0.3 is 15.5 Å². The van der Waals surface area contributed by atoms with Crippen LogP contribution in [0.4, 0.5) is 0 Å². The zero-order chi connectivity index (χ0) is 25.7. The van der Waals surface area contributed by atoms with Crippen LogP contribution in [0.1, 0.15) is 40.6 Å². The van der Waals surface area contributed by atoms with Crippen molar-refractivity contribution in [1.29, 1.82) is 5.26 Å². The van der Waals surface area contributed by atoms with Gasteiger partial charge in [0.1, 0.15) is 0 Å². The SMILES string of the molecule is N#Cc1ccc(S(=O)(=O)NC[C@@H](O)C[C@H](C(=O)N[C@H]2c3ccccc3C[C@H]2O)c2ccccc2)cc1. The predicted molar refractivity (Wildman–Crippen MR) is 133 cm³/mol. The molecule has 3 aromatic carbocycles. The van der Waals surface area contributed by atoms with Crippen LogP contribution in [0, 0.1) is 11.3 Å². The molecule has 0 aromatic heterocycles. The van der Waals surface area contributed by atoms with Crippen LogP contribution in [-0.4, -0.2) is 43.3 Å². The average molecular weight is 506 g/mol. The van der Waals surface area contributed by atoms with Crippen molar-refractivity contribution < 1.29 is 23.4 Å². The Labute approximate surface area is 210 Å². The molecule has 0 spiro atoms. The summed E-state index contributed by atoms with van der Waals surface area (Å²) in [6.07, 6.45) is -1.51. The number of benzene rings is 3. The molecule has 4 N–H and O–H groups in total. The van der Waals surface area contributed by atoms with Crippen LogP contribution in [0.15, 0.2) is 83.8 Å². The Morgan fingerprint density at radius 2 is 1.69 bits per heavy atom. The molecule has 0 radical (unpaired) electrons. The maximum atomic E-state index is 13.4. The van der Waals surface area contributed by atoms with Crippen LogP contribution in [-0.2, 0) is 21.2 Å². The highest BCUT2D eigenvalue weighted by atomic mass is 32.2. The molecule has 0 saturated carbocycles. The standard InChI is InChI=1S/C27H27N3O5S/c28-16-18-10-12-22(13-11-18)36(34,35)29-17-21(31)15-24(19-6-2-1-3-7-19)27(33)30-26-23-9-5-4-8-20(23)14-25(26)32/h1-13,21,24-26,29,31-32H,14-15,17H2,(H,30,33)/t21-,24-,25+,26-/m0/s1. The van der Waals surface area contributed by atoms with Crippen LogP contribution in [0.3, 0.4) is 0 Å². The summed E-state index contributed by atoms with van der Waals surface area (Å²) in [5.41, 5.74) is 2.84. The molecule has 0 aliphatic heterocycles. The molecule has 0 fully saturated rings. The fraction of sp³-hybridized carbons (Fsp3) is 0.259. The summed E-state index contributed by atoms with van der Waals surface area (Å²) < 4.78 is 27.6. The second-order valence-corrected chi connectivity index (χ2v) is 10.6. The Morgan fingerprint density at radius 1 is 1.03 bits per heavy atom. The Hall–Kier alpha value is -3.55. The van der Waals surface area contributed by atoms with E-state index in [-0.39, 0.29) is 23.8 Å². The lowest BCUT2D eigenvalue weighted by Crippen LogP contribution is -2.39. The summed E-state index contributed by atoms with van der Waals surface area (Å²) in [6.45, 7) is -0.298. The van der Waals surface area contributed by atoms with E-state index in [1.807, 2.05) is 36.4 Å². The van der Waals surface area contributed by atoms with Crippen LogP contribution >= 0.6 is 0 Å². The molecule has 0 heterocycles. The fourth-order valence-electron chi connectivity index (χ4n) is 4.43. The number of nitrogens with one attached hydrogen (secondary N) is 2. The van der Waals surface area contributed by atoms with E-state index < -0.39 is 34.2 Å². The van der Waals surface area contributed by atoms with Crippen molar-refractivity contribution in [2.75, 3.05) is 6.54 Å². The molecule has 8 nitrogen and oxygen atoms in total. The predicted octanol–water partition coefficient (Wildman–Crippen LogP) is 2.15. The number of fused-ring (bicyclic) bond motifs is 1. The molecular weight excluding hydrogens is 478 g/mol. The number of nitrogens with zero attached hydrogens (tertiary/aromatic N) is 1. The Bertz CT molecular complexity index is 1350. The summed E-state index contributed by atoms with van der Waals surface area (Å²) in [4.78, 5) is 13.3. The first kappa shape index (κ1) is 25.5. The summed E-state index contributed by atoms with van der Waals surface area (Å²) in [5.74, 6) is -1.13. The zero-order valence-electron chi connectivity index (χ0n) is 19.4. The molecule has 0 bridgehead atoms. The van der Waals surface area contributed by atoms with Crippen LogP contribution in [0.25, 0.3) is 0 Å². The quantitative estimate of drug-likeness (QED) is 0.351. The first-order chi connectivity index (χ1) is 17.3. The Balaban J connectivity index is 1.46. The first-order valence-corrected chi connectivity index (χ1v) is 13.1. The van der Waals surface area contributed by atoms with Gasteiger partial charge in [0.25, 0.3) is 0 Å². The van der Waals surface area contributed by atoms with Gasteiger partial charge >= 0.3 is 0 Å². The highest BCUT2D eigenvalue weighted by molar-refractivity contribution is 7.89. The van der Waals surface area contributed by atoms with Gasteiger partial charge in [-0.3, -0.25) is 4.79 Å². The Morgan fingerprint density at radius 3 is 2.39 bits per heavy atom. The minimum Gasteiger partial charge on any atom is -0.392 e. The molecule has 3 aromatic rings. The lowest BCUT2D eigenvalue weighted by atomic mass is 9.91. The number of amides is 1. The highest BCUT2D eigenvalue weighted by Crippen LogP contribution is 2.32. The van der Waals surface area contributed by atoms with Crippen molar-refractivity contribution in [3.8, 4) is 6.07 Å². The summed E-state index contributed by atoms with van der Waals surface area (Å²) in [7, 11) is -3.91. The largest absolute Gasteiger partial charge is 0.392 e. The fourth-order valence-corrected chi connectivity index (χ4v) is 5.51. The van der Waals surface area contributed by atoms with Crippen molar-refractivity contribution in [2.24, 2.45) is 0 Å². The maximum absolute atomic E-state index is 13.4. The van der Waals surface area contributed by atoms with Gasteiger partial charge in [-0.15, -0.1) is 0 Å². The van der Waals surface area contributed by atoms with Gasteiger partial charge in [0, 0.05) is 13.0 Å². The third-order valence-corrected chi connectivity index (χ3v) is 7.77. The molecule has 4 atom stereocenters. The zero-order valence-corrected chi connectivity index (χ0v) is 20.2. The van der Waals surface area contributed by atoms with Crippen molar-refractivity contribution in [1.82, 2.24) is 10.0 Å². The average Bonchev–Trinajstić information content (AvgIpc) is 3.21. The van der Waals surface area contributed by atoms with E-state index in [9.17, 15) is 23.4 Å². The van der Waals surface area contributed by atoms with Gasteiger partial charge in [-0.2, -0.15) is 5.26 Å². The minimum absolute atomic E-state index is 0.0278.